The van der Waals surface area contributed by atoms with Gasteiger partial charge < -0.3 is 4.74 Å². The summed E-state index contributed by atoms with van der Waals surface area (Å²) >= 11 is 0. The summed E-state index contributed by atoms with van der Waals surface area (Å²) in [5.74, 6) is 0.0281. The Kier molecular flexibility index (Phi) is 3.79. The monoisotopic (exact) mass is 264 g/mol. The Labute approximate surface area is 110 Å². The molecule has 0 bridgehead atoms. The Hall–Kier alpha value is -2.38. The van der Waals surface area contributed by atoms with Crippen LogP contribution in [0.2, 0.25) is 0 Å². The van der Waals surface area contributed by atoms with Crippen molar-refractivity contribution < 1.29 is 9.53 Å². The summed E-state index contributed by atoms with van der Waals surface area (Å²) in [4.78, 5) is 15.8. The van der Waals surface area contributed by atoms with Gasteiger partial charge in [0.1, 0.15) is 6.54 Å². The van der Waals surface area contributed by atoms with Gasteiger partial charge in [-0.15, -0.1) is 5.10 Å². The van der Waals surface area contributed by atoms with Crippen LogP contribution in [0.1, 0.15) is 18.3 Å². The number of aromatic nitrogens is 5. The maximum atomic E-state index is 11.8. The first-order valence-corrected chi connectivity index (χ1v) is 5.94. The van der Waals surface area contributed by atoms with Gasteiger partial charge in [0.15, 0.2) is 0 Å². The average molecular weight is 264 g/mol. The second-order valence-electron chi connectivity index (χ2n) is 4.03. The van der Waals surface area contributed by atoms with Crippen LogP contribution in [0.15, 0.2) is 6.07 Å². The maximum Gasteiger partial charge on any atom is 0.337 e. The van der Waals surface area contributed by atoms with Crippen molar-refractivity contribution in [3.63, 3.8) is 0 Å². The third-order valence-corrected chi connectivity index (χ3v) is 2.39. The van der Waals surface area contributed by atoms with Crippen LogP contribution < -0.4 is 10.1 Å². The van der Waals surface area contributed by atoms with Gasteiger partial charge in [-0.25, -0.2) is 5.10 Å². The molecule has 1 amide bonds. The highest BCUT2D eigenvalue weighted by Crippen LogP contribution is 2.06. The number of nitrogens with one attached hydrogen (secondary N) is 2. The fraction of sp³-hybridized carbons (Fsp3) is 0.455. The minimum atomic E-state index is -0.231. The Morgan fingerprint density at radius 3 is 2.95 bits per heavy atom. The number of hydrogen-bond donors (Lipinski definition) is 2. The van der Waals surface area contributed by atoms with Crippen LogP contribution in [-0.4, -0.2) is 37.5 Å². The number of aromatic amines is 1. The van der Waals surface area contributed by atoms with E-state index in [1.165, 1.54) is 0 Å². The SMILES string of the molecule is CCOc1n[nH]c(NC(=O)Cn2nc(C)cc2C)n1. The van der Waals surface area contributed by atoms with Gasteiger partial charge in [0.2, 0.25) is 11.9 Å². The number of aryl methyl sites for hydroxylation is 2. The molecule has 8 heteroatoms. The number of anilines is 1. The van der Waals surface area contributed by atoms with E-state index in [9.17, 15) is 4.79 Å². The van der Waals surface area contributed by atoms with Crippen molar-refractivity contribution in [1.29, 1.82) is 0 Å². The Morgan fingerprint density at radius 1 is 1.53 bits per heavy atom. The zero-order valence-electron chi connectivity index (χ0n) is 11.1. The number of nitrogens with zero attached hydrogens (tertiary/aromatic N) is 4. The van der Waals surface area contributed by atoms with Crippen LogP contribution in [-0.2, 0) is 11.3 Å². The fourth-order valence-corrected chi connectivity index (χ4v) is 1.64. The predicted molar refractivity (Wildman–Crippen MR) is 67.9 cm³/mol. The van der Waals surface area contributed by atoms with E-state index in [0.717, 1.165) is 11.4 Å². The van der Waals surface area contributed by atoms with E-state index in [0.29, 0.717) is 6.61 Å². The lowest BCUT2D eigenvalue weighted by Crippen LogP contribution is -2.21. The third-order valence-electron chi connectivity index (χ3n) is 2.39. The van der Waals surface area contributed by atoms with E-state index in [1.54, 1.807) is 4.68 Å². The van der Waals surface area contributed by atoms with Gasteiger partial charge in [0, 0.05) is 5.69 Å². The molecule has 0 spiro atoms. The first-order chi connectivity index (χ1) is 9.08. The highest BCUT2D eigenvalue weighted by atomic mass is 16.5. The number of rotatable bonds is 5. The fourth-order valence-electron chi connectivity index (χ4n) is 1.64. The molecule has 2 aromatic rings. The smallest absolute Gasteiger partial charge is 0.337 e. The molecule has 0 atom stereocenters. The van der Waals surface area contributed by atoms with E-state index in [1.807, 2.05) is 26.8 Å². The molecule has 0 aliphatic rings. The normalized spacial score (nSPS) is 10.5. The molecule has 2 aromatic heterocycles. The molecule has 0 aromatic carbocycles. The van der Waals surface area contributed by atoms with Crippen molar-refractivity contribution in [3.05, 3.63) is 17.5 Å². The number of ether oxygens (including phenoxy) is 1. The molecule has 102 valence electrons. The van der Waals surface area contributed by atoms with E-state index < -0.39 is 0 Å². The van der Waals surface area contributed by atoms with E-state index in [4.69, 9.17) is 4.74 Å². The first-order valence-electron chi connectivity index (χ1n) is 5.94. The lowest BCUT2D eigenvalue weighted by Gasteiger charge is -2.03. The minimum Gasteiger partial charge on any atom is -0.463 e. The van der Waals surface area contributed by atoms with Crippen molar-refractivity contribution in [1.82, 2.24) is 25.0 Å². The van der Waals surface area contributed by atoms with Gasteiger partial charge in [-0.05, 0) is 26.8 Å². The zero-order valence-corrected chi connectivity index (χ0v) is 11.1. The standard InChI is InChI=1S/C11H16N6O2/c1-4-19-11-13-10(14-15-11)12-9(18)6-17-8(3)5-7(2)16-17/h5H,4,6H2,1-3H3,(H2,12,13,14,15,18). The highest BCUT2D eigenvalue weighted by molar-refractivity contribution is 5.88. The van der Waals surface area contributed by atoms with Gasteiger partial charge in [-0.3, -0.25) is 14.8 Å². The van der Waals surface area contributed by atoms with Crippen LogP contribution in [0.3, 0.4) is 0 Å². The molecule has 0 saturated carbocycles. The summed E-state index contributed by atoms with van der Waals surface area (Å²) in [6, 6.07) is 2.12. The van der Waals surface area contributed by atoms with E-state index in [-0.39, 0.29) is 24.4 Å². The molecule has 0 radical (unpaired) electrons. The van der Waals surface area contributed by atoms with Crippen LogP contribution in [0.4, 0.5) is 5.95 Å². The second-order valence-corrected chi connectivity index (χ2v) is 4.03. The summed E-state index contributed by atoms with van der Waals surface area (Å²) in [5.41, 5.74) is 1.81. The summed E-state index contributed by atoms with van der Waals surface area (Å²) in [6.45, 7) is 6.21. The molecular formula is C11H16N6O2. The highest BCUT2D eigenvalue weighted by Gasteiger charge is 2.10. The summed E-state index contributed by atoms with van der Waals surface area (Å²) in [5, 5.41) is 13.2. The second kappa shape index (κ2) is 5.51. The average Bonchev–Trinajstić information content (AvgIpc) is 2.87. The van der Waals surface area contributed by atoms with Gasteiger partial charge >= 0.3 is 6.01 Å². The molecular weight excluding hydrogens is 248 g/mol. The molecule has 19 heavy (non-hydrogen) atoms. The molecule has 2 N–H and O–H groups in total. The van der Waals surface area contributed by atoms with Crippen molar-refractivity contribution in [2.75, 3.05) is 11.9 Å². The molecule has 2 rings (SSSR count). The lowest BCUT2D eigenvalue weighted by molar-refractivity contribution is -0.117. The van der Waals surface area contributed by atoms with Crippen molar-refractivity contribution in [2.45, 2.75) is 27.3 Å². The molecule has 0 fully saturated rings. The summed E-state index contributed by atoms with van der Waals surface area (Å²) in [6.07, 6.45) is 0. The van der Waals surface area contributed by atoms with Crippen molar-refractivity contribution >= 4 is 11.9 Å². The Balaban J connectivity index is 1.95. The molecule has 0 aliphatic carbocycles. The van der Waals surface area contributed by atoms with E-state index >= 15 is 0 Å². The number of H-pyrrole nitrogens is 1. The van der Waals surface area contributed by atoms with E-state index in [2.05, 4.69) is 25.6 Å². The van der Waals surface area contributed by atoms with Crippen LogP contribution in [0.5, 0.6) is 6.01 Å². The third kappa shape index (κ3) is 3.30. The molecule has 0 unspecified atom stereocenters. The topological polar surface area (TPSA) is 97.7 Å². The molecule has 0 saturated heterocycles. The number of amides is 1. The van der Waals surface area contributed by atoms with Gasteiger partial charge in [-0.2, -0.15) is 10.1 Å². The number of carbonyl (C=O) groups is 1. The Bertz CT molecular complexity index is 574. The van der Waals surface area contributed by atoms with Crippen LogP contribution in [0, 0.1) is 13.8 Å². The van der Waals surface area contributed by atoms with Crippen molar-refractivity contribution in [3.8, 4) is 6.01 Å². The maximum absolute atomic E-state index is 11.8. The van der Waals surface area contributed by atoms with Gasteiger partial charge in [-0.1, -0.05) is 0 Å². The number of hydrogen-bond acceptors (Lipinski definition) is 5. The van der Waals surface area contributed by atoms with Crippen LogP contribution >= 0.6 is 0 Å². The van der Waals surface area contributed by atoms with Gasteiger partial charge in [0.25, 0.3) is 0 Å². The molecule has 0 aliphatic heterocycles. The minimum absolute atomic E-state index is 0.129. The quantitative estimate of drug-likeness (QED) is 0.826. The summed E-state index contributed by atoms with van der Waals surface area (Å²) in [7, 11) is 0. The zero-order chi connectivity index (χ0) is 13.8. The summed E-state index contributed by atoms with van der Waals surface area (Å²) < 4.78 is 6.72. The molecule has 8 nitrogen and oxygen atoms in total. The van der Waals surface area contributed by atoms with Gasteiger partial charge in [0.05, 0.1) is 12.3 Å². The first kappa shape index (κ1) is 13.1. The van der Waals surface area contributed by atoms with Crippen molar-refractivity contribution in [2.24, 2.45) is 0 Å². The molecule has 2 heterocycles. The largest absolute Gasteiger partial charge is 0.463 e. The Morgan fingerprint density at radius 2 is 2.32 bits per heavy atom. The van der Waals surface area contributed by atoms with Crippen LogP contribution in [0.25, 0.3) is 0 Å². The number of carbonyl (C=O) groups excluding carboxylic acids is 1. The predicted octanol–water partition coefficient (Wildman–Crippen LogP) is 0.655. The lowest BCUT2D eigenvalue weighted by atomic mass is 10.4.